The first-order chi connectivity index (χ1) is 12.7. The number of nitriles is 1. The predicted molar refractivity (Wildman–Crippen MR) is 98.9 cm³/mol. The molecule has 126 valence electrons. The van der Waals surface area contributed by atoms with Crippen LogP contribution < -0.4 is 4.90 Å². The Kier molecular flexibility index (Phi) is 3.16. The summed E-state index contributed by atoms with van der Waals surface area (Å²) in [5, 5.41) is 24.7. The highest BCUT2D eigenvalue weighted by Gasteiger charge is 2.22. The SMILES string of the molecule is Cc1nnc2c3ccccc3c(N3CCc4ccc(C#N)cc4C3)nn12. The topological polar surface area (TPSA) is 70.1 Å². The minimum atomic E-state index is 0.702. The summed E-state index contributed by atoms with van der Waals surface area (Å²) < 4.78 is 1.82. The van der Waals surface area contributed by atoms with Gasteiger partial charge in [0.15, 0.2) is 17.3 Å². The third-order valence-corrected chi connectivity index (χ3v) is 5.05. The maximum absolute atomic E-state index is 9.20. The van der Waals surface area contributed by atoms with Crippen molar-refractivity contribution in [3.63, 3.8) is 0 Å². The highest BCUT2D eigenvalue weighted by molar-refractivity contribution is 6.00. The van der Waals surface area contributed by atoms with Crippen molar-refractivity contribution >= 4 is 22.2 Å². The molecule has 0 spiro atoms. The van der Waals surface area contributed by atoms with Crippen LogP contribution in [-0.4, -0.2) is 26.4 Å². The first-order valence-corrected chi connectivity index (χ1v) is 8.62. The van der Waals surface area contributed by atoms with E-state index in [2.05, 4.69) is 39.4 Å². The lowest BCUT2D eigenvalue weighted by Gasteiger charge is -2.30. The molecule has 4 aromatic rings. The summed E-state index contributed by atoms with van der Waals surface area (Å²) in [5.74, 6) is 1.71. The van der Waals surface area contributed by atoms with E-state index in [9.17, 15) is 5.26 Å². The molecule has 0 unspecified atom stereocenters. The first kappa shape index (κ1) is 14.8. The van der Waals surface area contributed by atoms with Gasteiger partial charge in [0.25, 0.3) is 0 Å². The van der Waals surface area contributed by atoms with Crippen LogP contribution in [0.4, 0.5) is 5.82 Å². The van der Waals surface area contributed by atoms with E-state index in [1.807, 2.05) is 35.7 Å². The molecular formula is C20H16N6. The van der Waals surface area contributed by atoms with E-state index in [1.54, 1.807) is 0 Å². The summed E-state index contributed by atoms with van der Waals surface area (Å²) >= 11 is 0. The maximum Gasteiger partial charge on any atom is 0.185 e. The average Bonchev–Trinajstić information content (AvgIpc) is 3.07. The number of aromatic nitrogens is 4. The van der Waals surface area contributed by atoms with Gasteiger partial charge in [-0.3, -0.25) is 0 Å². The largest absolute Gasteiger partial charge is 0.350 e. The van der Waals surface area contributed by atoms with Crippen LogP contribution in [0.5, 0.6) is 0 Å². The van der Waals surface area contributed by atoms with Gasteiger partial charge in [-0.05, 0) is 36.6 Å². The van der Waals surface area contributed by atoms with E-state index >= 15 is 0 Å². The van der Waals surface area contributed by atoms with Gasteiger partial charge >= 0.3 is 0 Å². The third-order valence-electron chi connectivity index (χ3n) is 5.05. The quantitative estimate of drug-likeness (QED) is 0.533. The number of rotatable bonds is 1. The Balaban J connectivity index is 1.69. The zero-order chi connectivity index (χ0) is 17.7. The van der Waals surface area contributed by atoms with Gasteiger partial charge in [-0.25, -0.2) is 0 Å². The smallest absolute Gasteiger partial charge is 0.185 e. The molecule has 0 saturated carbocycles. The van der Waals surface area contributed by atoms with Crippen LogP contribution in [0.3, 0.4) is 0 Å². The van der Waals surface area contributed by atoms with E-state index in [0.717, 1.165) is 47.6 Å². The normalized spacial score (nSPS) is 13.8. The Morgan fingerprint density at radius 1 is 1.04 bits per heavy atom. The van der Waals surface area contributed by atoms with Gasteiger partial charge < -0.3 is 4.90 Å². The van der Waals surface area contributed by atoms with Gasteiger partial charge in [-0.15, -0.1) is 15.3 Å². The maximum atomic E-state index is 9.20. The van der Waals surface area contributed by atoms with Gasteiger partial charge in [-0.2, -0.15) is 9.78 Å². The predicted octanol–water partition coefficient (Wildman–Crippen LogP) is 3.02. The second-order valence-corrected chi connectivity index (χ2v) is 6.62. The molecular weight excluding hydrogens is 324 g/mol. The molecule has 5 rings (SSSR count). The van der Waals surface area contributed by atoms with Gasteiger partial charge in [-0.1, -0.05) is 30.3 Å². The number of hydrogen-bond acceptors (Lipinski definition) is 5. The van der Waals surface area contributed by atoms with Gasteiger partial charge in [0.1, 0.15) is 0 Å². The molecule has 1 aliphatic heterocycles. The van der Waals surface area contributed by atoms with Gasteiger partial charge in [0, 0.05) is 23.9 Å². The van der Waals surface area contributed by atoms with E-state index in [0.29, 0.717) is 5.56 Å². The van der Waals surface area contributed by atoms with Crippen molar-refractivity contribution < 1.29 is 0 Å². The lowest BCUT2D eigenvalue weighted by Crippen LogP contribution is -2.31. The Labute approximate surface area is 150 Å². The number of fused-ring (bicyclic) bond motifs is 4. The van der Waals surface area contributed by atoms with Crippen LogP contribution in [0.15, 0.2) is 42.5 Å². The summed E-state index contributed by atoms with van der Waals surface area (Å²) in [4.78, 5) is 2.28. The van der Waals surface area contributed by atoms with Crippen molar-refractivity contribution in [2.75, 3.05) is 11.4 Å². The fraction of sp³-hybridized carbons (Fsp3) is 0.200. The van der Waals surface area contributed by atoms with Crippen molar-refractivity contribution in [1.29, 1.82) is 5.26 Å². The third kappa shape index (κ3) is 2.14. The molecule has 3 heterocycles. The van der Waals surface area contributed by atoms with Crippen molar-refractivity contribution in [3.8, 4) is 6.07 Å². The van der Waals surface area contributed by atoms with Crippen LogP contribution in [0.2, 0.25) is 0 Å². The molecule has 0 fully saturated rings. The molecule has 2 aromatic carbocycles. The Morgan fingerprint density at radius 2 is 1.88 bits per heavy atom. The average molecular weight is 340 g/mol. The van der Waals surface area contributed by atoms with E-state index < -0.39 is 0 Å². The van der Waals surface area contributed by atoms with Crippen LogP contribution >= 0.6 is 0 Å². The van der Waals surface area contributed by atoms with Crippen molar-refractivity contribution in [3.05, 3.63) is 65.0 Å². The Bertz CT molecular complexity index is 1200. The number of hydrogen-bond donors (Lipinski definition) is 0. The van der Waals surface area contributed by atoms with Crippen LogP contribution in [0.25, 0.3) is 16.4 Å². The summed E-state index contributed by atoms with van der Waals surface area (Å²) in [7, 11) is 0. The van der Waals surface area contributed by atoms with E-state index in [1.165, 1.54) is 11.1 Å². The molecule has 26 heavy (non-hydrogen) atoms. The molecule has 6 nitrogen and oxygen atoms in total. The van der Waals surface area contributed by atoms with Gasteiger partial charge in [0.05, 0.1) is 11.6 Å². The van der Waals surface area contributed by atoms with Crippen molar-refractivity contribution in [2.24, 2.45) is 0 Å². The van der Waals surface area contributed by atoms with Crippen LogP contribution in [0, 0.1) is 18.3 Å². The first-order valence-electron chi connectivity index (χ1n) is 8.62. The standard InChI is InChI=1S/C20H16N6/c1-13-22-23-19-17-4-2-3-5-18(17)20(24-26(13)19)25-9-8-15-7-6-14(11-21)10-16(15)12-25/h2-7,10H,8-9,12H2,1H3. The fourth-order valence-corrected chi connectivity index (χ4v) is 3.71. The Hall–Kier alpha value is -3.46. The molecule has 0 amide bonds. The minimum absolute atomic E-state index is 0.702. The number of anilines is 1. The summed E-state index contributed by atoms with van der Waals surface area (Å²) in [6.07, 6.45) is 0.941. The van der Waals surface area contributed by atoms with E-state index in [-0.39, 0.29) is 0 Å². The van der Waals surface area contributed by atoms with Crippen LogP contribution in [0.1, 0.15) is 22.5 Å². The molecule has 0 radical (unpaired) electrons. The summed E-state index contributed by atoms with van der Waals surface area (Å²) in [6, 6.07) is 16.4. The van der Waals surface area contributed by atoms with Gasteiger partial charge in [0.2, 0.25) is 0 Å². The fourth-order valence-electron chi connectivity index (χ4n) is 3.71. The Morgan fingerprint density at radius 3 is 2.73 bits per heavy atom. The lowest BCUT2D eigenvalue weighted by molar-refractivity contribution is 0.709. The number of nitrogens with zero attached hydrogens (tertiary/aromatic N) is 6. The molecule has 6 heteroatoms. The second kappa shape index (κ2) is 5.53. The molecule has 2 aromatic heterocycles. The molecule has 0 aliphatic carbocycles. The number of aryl methyl sites for hydroxylation is 1. The summed E-state index contributed by atoms with van der Waals surface area (Å²) in [5.41, 5.74) is 3.99. The minimum Gasteiger partial charge on any atom is -0.350 e. The van der Waals surface area contributed by atoms with E-state index in [4.69, 9.17) is 5.10 Å². The zero-order valence-corrected chi connectivity index (χ0v) is 14.3. The molecule has 0 atom stereocenters. The highest BCUT2D eigenvalue weighted by atomic mass is 15.4. The molecule has 0 bridgehead atoms. The van der Waals surface area contributed by atoms with Crippen LogP contribution in [-0.2, 0) is 13.0 Å². The molecule has 0 saturated heterocycles. The molecule has 0 N–H and O–H groups in total. The van der Waals surface area contributed by atoms with Crippen molar-refractivity contribution in [2.45, 2.75) is 19.9 Å². The number of benzene rings is 2. The lowest BCUT2D eigenvalue weighted by atomic mass is 9.97. The monoisotopic (exact) mass is 340 g/mol. The second-order valence-electron chi connectivity index (χ2n) is 6.62. The highest BCUT2D eigenvalue weighted by Crippen LogP contribution is 2.31. The molecule has 1 aliphatic rings. The summed E-state index contributed by atoms with van der Waals surface area (Å²) in [6.45, 7) is 3.55. The zero-order valence-electron chi connectivity index (χ0n) is 14.3. The van der Waals surface area contributed by atoms with Crippen molar-refractivity contribution in [1.82, 2.24) is 19.8 Å².